The number of carbonyl (C=O) groups excluding carboxylic acids is 1. The summed E-state index contributed by atoms with van der Waals surface area (Å²) in [7, 11) is 0. The van der Waals surface area contributed by atoms with Crippen molar-refractivity contribution in [2.75, 3.05) is 32.8 Å². The first-order chi connectivity index (χ1) is 21.9. The molecule has 262 valence electrons. The van der Waals surface area contributed by atoms with Crippen molar-refractivity contribution in [3.8, 4) is 0 Å². The van der Waals surface area contributed by atoms with Crippen molar-refractivity contribution in [1.82, 2.24) is 10.2 Å². The highest BCUT2D eigenvalue weighted by Crippen LogP contribution is 2.73. The van der Waals surface area contributed by atoms with Crippen molar-refractivity contribution in [2.45, 2.75) is 144 Å². The molecule has 0 radical (unpaired) electrons. The molecule has 1 heterocycles. The molecule has 6 aliphatic carbocycles. The summed E-state index contributed by atoms with van der Waals surface area (Å²) in [5.74, 6) is 4.86. The van der Waals surface area contributed by atoms with E-state index < -0.39 is 0 Å². The monoisotopic (exact) mass is 639 g/mol. The summed E-state index contributed by atoms with van der Waals surface area (Å²) in [5, 5.41) is 14.7. The molecule has 2 unspecified atom stereocenters. The first-order valence-electron chi connectivity index (χ1n) is 19.8. The molecule has 0 aromatic heterocycles. The summed E-state index contributed by atoms with van der Waals surface area (Å²) in [6.07, 6.45) is 15.1. The van der Waals surface area contributed by atoms with Gasteiger partial charge in [-0.05, 0) is 148 Å². The lowest BCUT2D eigenvalue weighted by molar-refractivity contribution is -0.204. The van der Waals surface area contributed by atoms with Crippen LogP contribution >= 0.6 is 0 Å². The van der Waals surface area contributed by atoms with Crippen molar-refractivity contribution in [3.05, 3.63) is 12.2 Å². The Labute approximate surface area is 282 Å². The molecule has 12 atom stereocenters. The zero-order valence-corrected chi connectivity index (χ0v) is 30.8. The summed E-state index contributed by atoms with van der Waals surface area (Å²) < 4.78 is 5.57. The predicted molar refractivity (Wildman–Crippen MR) is 188 cm³/mol. The maximum absolute atomic E-state index is 14.7. The van der Waals surface area contributed by atoms with Crippen LogP contribution in [-0.2, 0) is 9.53 Å². The van der Waals surface area contributed by atoms with Crippen molar-refractivity contribution < 1.29 is 14.6 Å². The topological polar surface area (TPSA) is 61.8 Å². The Balaban J connectivity index is 0.00000182. The standard InChI is InChI=1S/C39H64N2O3.C2H6/c1-25(2)28-11-17-39(35(43)40-27-8-7-26(23-27)24-41-19-21-44-22-20-41)18-13-31-29-9-10-32-36(3,4)33(42)14-16-37(32,5)30(29)12-15-38(31,6)34(28)39;1-2/h26-34,42H,1,7-24H2,2-6H3,(H,40,43);1-2H3/t26-,27+,28-,29?,30-,31-,32-,33-,34+,37+,38-,39?;/m0./s1. The maximum atomic E-state index is 14.7. The summed E-state index contributed by atoms with van der Waals surface area (Å²) >= 11 is 0. The van der Waals surface area contributed by atoms with Gasteiger partial charge in [-0.3, -0.25) is 9.69 Å². The SMILES string of the molecule is C=C(C)[C@@H]1CCC2(C(=O)N[C@@H]3CC[C@H](CN4CCOCC4)C3)CC[C@H]3C4CC[C@H]5C(C)(C)[C@@H](O)CC[C@]5(C)[C@H]4CC[C@]3(C)[C@@H]12.CC. The highest BCUT2D eigenvalue weighted by molar-refractivity contribution is 5.84. The number of nitrogens with zero attached hydrogens (tertiary/aromatic N) is 1. The van der Waals surface area contributed by atoms with E-state index in [2.05, 4.69) is 51.4 Å². The van der Waals surface area contributed by atoms with Gasteiger partial charge in [0.2, 0.25) is 5.91 Å². The van der Waals surface area contributed by atoms with Crippen LogP contribution in [0, 0.1) is 63.1 Å². The average molecular weight is 639 g/mol. The first kappa shape index (κ1) is 34.9. The molecular formula is C41H70N2O3. The minimum Gasteiger partial charge on any atom is -0.393 e. The van der Waals surface area contributed by atoms with E-state index >= 15 is 0 Å². The van der Waals surface area contributed by atoms with Crippen LogP contribution in [0.25, 0.3) is 0 Å². The molecule has 0 spiro atoms. The molecular weight excluding hydrogens is 568 g/mol. The number of carbonyl (C=O) groups is 1. The fourth-order valence-electron chi connectivity index (χ4n) is 14.0. The quantitative estimate of drug-likeness (QED) is 0.298. The van der Waals surface area contributed by atoms with E-state index in [1.165, 1.54) is 57.1 Å². The van der Waals surface area contributed by atoms with Crippen LogP contribution in [0.15, 0.2) is 12.2 Å². The summed E-state index contributed by atoms with van der Waals surface area (Å²) in [4.78, 5) is 17.2. The lowest BCUT2D eigenvalue weighted by atomic mass is 9.37. The first-order valence-corrected chi connectivity index (χ1v) is 19.8. The van der Waals surface area contributed by atoms with Crippen LogP contribution < -0.4 is 5.32 Å². The molecule has 46 heavy (non-hydrogen) atoms. The van der Waals surface area contributed by atoms with Crippen LogP contribution in [0.2, 0.25) is 0 Å². The van der Waals surface area contributed by atoms with Crippen molar-refractivity contribution in [2.24, 2.45) is 63.1 Å². The highest BCUT2D eigenvalue weighted by Gasteiger charge is 2.69. The zero-order chi connectivity index (χ0) is 33.1. The van der Waals surface area contributed by atoms with Gasteiger partial charge < -0.3 is 15.2 Å². The third kappa shape index (κ3) is 5.57. The zero-order valence-electron chi connectivity index (χ0n) is 30.8. The number of rotatable bonds is 5. The normalized spacial score (nSPS) is 48.1. The molecule has 7 fully saturated rings. The van der Waals surface area contributed by atoms with Gasteiger partial charge in [-0.15, -0.1) is 0 Å². The minimum absolute atomic E-state index is 0.0104. The van der Waals surface area contributed by atoms with Gasteiger partial charge in [0.25, 0.3) is 0 Å². The number of aliphatic hydroxyl groups excluding tert-OH is 1. The molecule has 5 nitrogen and oxygen atoms in total. The fourth-order valence-corrected chi connectivity index (χ4v) is 14.0. The van der Waals surface area contributed by atoms with E-state index in [0.29, 0.717) is 47.0 Å². The molecule has 7 rings (SSSR count). The Morgan fingerprint density at radius 1 is 0.870 bits per heavy atom. The lowest BCUT2D eigenvalue weighted by Crippen LogP contribution is -2.63. The van der Waals surface area contributed by atoms with Gasteiger partial charge in [0.1, 0.15) is 0 Å². The highest BCUT2D eigenvalue weighted by atomic mass is 16.5. The molecule has 7 aliphatic rings. The number of hydrogen-bond acceptors (Lipinski definition) is 4. The molecule has 0 aromatic carbocycles. The molecule has 1 aliphatic heterocycles. The van der Waals surface area contributed by atoms with Crippen molar-refractivity contribution in [1.29, 1.82) is 0 Å². The molecule has 5 heteroatoms. The van der Waals surface area contributed by atoms with Gasteiger partial charge >= 0.3 is 0 Å². The Hall–Kier alpha value is -0.910. The number of nitrogens with one attached hydrogen (secondary N) is 1. The second-order valence-electron chi connectivity index (χ2n) is 18.4. The molecule has 2 N–H and O–H groups in total. The summed E-state index contributed by atoms with van der Waals surface area (Å²) in [5.41, 5.74) is 1.65. The minimum atomic E-state index is -0.220. The number of hydrogen-bond donors (Lipinski definition) is 2. The van der Waals surface area contributed by atoms with Crippen LogP contribution in [0.1, 0.15) is 132 Å². The predicted octanol–water partition coefficient (Wildman–Crippen LogP) is 8.26. The third-order valence-corrected chi connectivity index (χ3v) is 16.1. The van der Waals surface area contributed by atoms with Crippen molar-refractivity contribution in [3.63, 3.8) is 0 Å². The van der Waals surface area contributed by atoms with Crippen LogP contribution in [0.4, 0.5) is 0 Å². The number of aliphatic hydroxyl groups is 1. The van der Waals surface area contributed by atoms with E-state index in [9.17, 15) is 9.90 Å². The number of ether oxygens (including phenoxy) is 1. The Kier molecular flexibility index (Phi) is 9.94. The second-order valence-corrected chi connectivity index (χ2v) is 18.4. The third-order valence-electron chi connectivity index (χ3n) is 16.1. The van der Waals surface area contributed by atoms with E-state index in [4.69, 9.17) is 4.74 Å². The summed E-state index contributed by atoms with van der Waals surface area (Å²) in [6, 6.07) is 0.342. The number of allylic oxidation sites excluding steroid dienone is 1. The van der Waals surface area contributed by atoms with E-state index in [1.54, 1.807) is 0 Å². The van der Waals surface area contributed by atoms with Crippen LogP contribution in [-0.4, -0.2) is 60.9 Å². The molecule has 6 saturated carbocycles. The van der Waals surface area contributed by atoms with Gasteiger partial charge in [-0.1, -0.05) is 53.7 Å². The maximum Gasteiger partial charge on any atom is 0.226 e. The van der Waals surface area contributed by atoms with Crippen LogP contribution in [0.5, 0.6) is 0 Å². The van der Waals surface area contributed by atoms with Gasteiger partial charge in [0.15, 0.2) is 0 Å². The fraction of sp³-hybridized carbons (Fsp3) is 0.927. The molecule has 1 saturated heterocycles. The Bertz CT molecular complexity index is 1110. The van der Waals surface area contributed by atoms with E-state index in [1.807, 2.05) is 13.8 Å². The second kappa shape index (κ2) is 13.1. The Morgan fingerprint density at radius 2 is 1.52 bits per heavy atom. The van der Waals surface area contributed by atoms with Gasteiger partial charge in [-0.25, -0.2) is 0 Å². The largest absolute Gasteiger partial charge is 0.393 e. The Morgan fingerprint density at radius 3 is 2.24 bits per heavy atom. The van der Waals surface area contributed by atoms with Gasteiger partial charge in [0, 0.05) is 25.7 Å². The van der Waals surface area contributed by atoms with E-state index in [-0.39, 0.29) is 22.3 Å². The molecule has 1 amide bonds. The summed E-state index contributed by atoms with van der Waals surface area (Å²) in [6.45, 7) is 25.8. The average Bonchev–Trinajstić information content (AvgIpc) is 3.66. The number of fused-ring (bicyclic) bond motifs is 7. The molecule has 0 aromatic rings. The molecule has 0 bridgehead atoms. The van der Waals surface area contributed by atoms with E-state index in [0.717, 1.165) is 76.7 Å². The number of morpholine rings is 1. The lowest BCUT2D eigenvalue weighted by Gasteiger charge is -2.68. The van der Waals surface area contributed by atoms with Gasteiger partial charge in [0.05, 0.1) is 24.7 Å². The number of amides is 1. The van der Waals surface area contributed by atoms with Crippen LogP contribution in [0.3, 0.4) is 0 Å². The van der Waals surface area contributed by atoms with Gasteiger partial charge in [-0.2, -0.15) is 0 Å². The van der Waals surface area contributed by atoms with Crippen molar-refractivity contribution >= 4 is 5.91 Å². The smallest absolute Gasteiger partial charge is 0.226 e.